The molecule has 2 aromatic heterocycles. The first-order valence-corrected chi connectivity index (χ1v) is 9.33. The molecule has 26 heavy (non-hydrogen) atoms. The van der Waals surface area contributed by atoms with Gasteiger partial charge in [0, 0.05) is 29.1 Å². The predicted octanol–water partition coefficient (Wildman–Crippen LogP) is 4.22. The molecule has 4 rings (SSSR count). The molecule has 3 aromatic rings. The summed E-state index contributed by atoms with van der Waals surface area (Å²) in [5.41, 5.74) is 3.72. The van der Waals surface area contributed by atoms with Crippen LogP contribution in [0.5, 0.6) is 0 Å². The van der Waals surface area contributed by atoms with Crippen LogP contribution in [0.3, 0.4) is 0 Å². The quantitative estimate of drug-likeness (QED) is 0.751. The van der Waals surface area contributed by atoms with Crippen LogP contribution >= 0.6 is 11.6 Å². The van der Waals surface area contributed by atoms with Gasteiger partial charge in [0.15, 0.2) is 5.65 Å². The van der Waals surface area contributed by atoms with Gasteiger partial charge in [-0.15, -0.1) is 0 Å². The van der Waals surface area contributed by atoms with Crippen LogP contribution in [0, 0.1) is 17.2 Å². The highest BCUT2D eigenvalue weighted by Crippen LogP contribution is 2.25. The number of fused-ring (bicyclic) bond motifs is 1. The molecule has 0 atom stereocenters. The summed E-state index contributed by atoms with van der Waals surface area (Å²) < 4.78 is 1.87. The zero-order valence-electron chi connectivity index (χ0n) is 14.4. The van der Waals surface area contributed by atoms with Crippen LogP contribution in [0.1, 0.15) is 31.4 Å². The summed E-state index contributed by atoms with van der Waals surface area (Å²) in [6, 6.07) is 14.6. The summed E-state index contributed by atoms with van der Waals surface area (Å²) in [7, 11) is 0. The van der Waals surface area contributed by atoms with E-state index in [1.165, 1.54) is 0 Å². The van der Waals surface area contributed by atoms with Crippen molar-refractivity contribution in [2.24, 2.45) is 5.92 Å². The molecule has 0 radical (unpaired) electrons. The highest BCUT2D eigenvalue weighted by atomic mass is 35.5. The Labute approximate surface area is 157 Å². The van der Waals surface area contributed by atoms with Crippen LogP contribution in [-0.2, 0) is 6.54 Å². The van der Waals surface area contributed by atoms with Gasteiger partial charge in [-0.3, -0.25) is 0 Å². The Morgan fingerprint density at radius 1 is 1.19 bits per heavy atom. The van der Waals surface area contributed by atoms with Crippen molar-refractivity contribution in [3.63, 3.8) is 0 Å². The average molecular weight is 366 g/mol. The van der Waals surface area contributed by atoms with Crippen molar-refractivity contribution in [2.75, 3.05) is 0 Å². The van der Waals surface area contributed by atoms with Gasteiger partial charge in [0.05, 0.1) is 23.7 Å². The first-order valence-electron chi connectivity index (χ1n) is 8.95. The maximum absolute atomic E-state index is 9.01. The largest absolute Gasteiger partial charge is 0.308 e. The van der Waals surface area contributed by atoms with E-state index in [4.69, 9.17) is 22.0 Å². The van der Waals surface area contributed by atoms with Crippen LogP contribution in [0.4, 0.5) is 0 Å². The van der Waals surface area contributed by atoms with Crippen LogP contribution in [0.2, 0.25) is 5.02 Å². The van der Waals surface area contributed by atoms with E-state index in [0.717, 1.165) is 48.3 Å². The molecule has 0 amide bonds. The summed E-state index contributed by atoms with van der Waals surface area (Å²) >= 11 is 6.12. The second kappa shape index (κ2) is 7.45. The number of hydrogen-bond donors (Lipinski definition) is 1. The maximum atomic E-state index is 9.01. The SMILES string of the molecule is N#CC1CCC(NCc2ccc3ncc(-c4cccc(Cl)c4)n3n2)CC1. The minimum absolute atomic E-state index is 0.230. The molecule has 0 bridgehead atoms. The molecule has 132 valence electrons. The zero-order chi connectivity index (χ0) is 17.9. The summed E-state index contributed by atoms with van der Waals surface area (Å²) in [5, 5.41) is 18.0. The van der Waals surface area contributed by atoms with E-state index in [-0.39, 0.29) is 5.92 Å². The van der Waals surface area contributed by atoms with E-state index < -0.39 is 0 Å². The molecule has 2 heterocycles. The van der Waals surface area contributed by atoms with Crippen molar-refractivity contribution < 1.29 is 0 Å². The highest BCUT2D eigenvalue weighted by Gasteiger charge is 2.20. The molecule has 1 aromatic carbocycles. The number of aromatic nitrogens is 3. The van der Waals surface area contributed by atoms with E-state index in [9.17, 15) is 0 Å². The Morgan fingerprint density at radius 3 is 2.81 bits per heavy atom. The van der Waals surface area contributed by atoms with Gasteiger partial charge in [-0.1, -0.05) is 23.7 Å². The Hall–Kier alpha value is -2.42. The summed E-state index contributed by atoms with van der Waals surface area (Å²) in [5.74, 6) is 0.230. The molecule has 1 aliphatic rings. The molecule has 6 heteroatoms. The average Bonchev–Trinajstić information content (AvgIpc) is 3.10. The number of hydrogen-bond acceptors (Lipinski definition) is 4. The molecule has 1 aliphatic carbocycles. The van der Waals surface area contributed by atoms with Crippen LogP contribution in [0.15, 0.2) is 42.6 Å². The lowest BCUT2D eigenvalue weighted by molar-refractivity contribution is 0.330. The van der Waals surface area contributed by atoms with Crippen molar-refractivity contribution in [1.82, 2.24) is 19.9 Å². The molecular formula is C20H20ClN5. The van der Waals surface area contributed by atoms with Crippen molar-refractivity contribution in [1.29, 1.82) is 5.26 Å². The Balaban J connectivity index is 1.51. The van der Waals surface area contributed by atoms with Gasteiger partial charge in [0.25, 0.3) is 0 Å². The molecule has 1 N–H and O–H groups in total. The second-order valence-electron chi connectivity index (χ2n) is 6.81. The summed E-state index contributed by atoms with van der Waals surface area (Å²) in [6.07, 6.45) is 5.91. The Bertz CT molecular complexity index is 950. The second-order valence-corrected chi connectivity index (χ2v) is 7.24. The highest BCUT2D eigenvalue weighted by molar-refractivity contribution is 6.30. The third kappa shape index (κ3) is 3.57. The van der Waals surface area contributed by atoms with E-state index in [1.54, 1.807) is 0 Å². The lowest BCUT2D eigenvalue weighted by atomic mass is 9.87. The van der Waals surface area contributed by atoms with Crippen molar-refractivity contribution in [3.8, 4) is 17.3 Å². The van der Waals surface area contributed by atoms with Gasteiger partial charge in [0.2, 0.25) is 0 Å². The third-order valence-electron chi connectivity index (χ3n) is 5.02. The molecule has 0 aliphatic heterocycles. The van der Waals surface area contributed by atoms with Gasteiger partial charge in [0.1, 0.15) is 0 Å². The Kier molecular flexibility index (Phi) is 4.87. The van der Waals surface area contributed by atoms with Crippen molar-refractivity contribution in [3.05, 3.63) is 53.3 Å². The number of benzene rings is 1. The minimum Gasteiger partial charge on any atom is -0.308 e. The number of rotatable bonds is 4. The van der Waals surface area contributed by atoms with Crippen molar-refractivity contribution in [2.45, 2.75) is 38.3 Å². The van der Waals surface area contributed by atoms with E-state index >= 15 is 0 Å². The first kappa shape index (κ1) is 17.0. The number of nitriles is 1. The normalized spacial score (nSPS) is 20.2. The topological polar surface area (TPSA) is 66.0 Å². The van der Waals surface area contributed by atoms with E-state index in [0.29, 0.717) is 17.6 Å². The standard InChI is InChI=1S/C20H20ClN5/c21-16-3-1-2-15(10-16)19-13-24-20-9-8-18(25-26(19)20)12-23-17-6-4-14(11-22)5-7-17/h1-3,8-10,13-14,17,23H,4-7,12H2. The van der Waals surface area contributed by atoms with E-state index in [1.807, 2.05) is 47.1 Å². The molecule has 0 spiro atoms. The van der Waals surface area contributed by atoms with Gasteiger partial charge in [-0.2, -0.15) is 10.4 Å². The minimum atomic E-state index is 0.230. The fourth-order valence-electron chi connectivity index (χ4n) is 3.53. The van der Waals surface area contributed by atoms with Crippen molar-refractivity contribution >= 4 is 17.2 Å². The fraction of sp³-hybridized carbons (Fsp3) is 0.350. The lowest BCUT2D eigenvalue weighted by Gasteiger charge is -2.25. The number of nitrogens with one attached hydrogen (secondary N) is 1. The predicted molar refractivity (Wildman–Crippen MR) is 102 cm³/mol. The van der Waals surface area contributed by atoms with Gasteiger partial charge >= 0.3 is 0 Å². The first-order chi connectivity index (χ1) is 12.7. The molecule has 1 saturated carbocycles. The number of nitrogens with zero attached hydrogens (tertiary/aromatic N) is 4. The van der Waals surface area contributed by atoms with Gasteiger partial charge < -0.3 is 5.32 Å². The van der Waals surface area contributed by atoms with Crippen LogP contribution < -0.4 is 5.32 Å². The molecular weight excluding hydrogens is 346 g/mol. The molecule has 0 unspecified atom stereocenters. The third-order valence-corrected chi connectivity index (χ3v) is 5.25. The van der Waals surface area contributed by atoms with Gasteiger partial charge in [-0.05, 0) is 49.9 Å². The summed E-state index contributed by atoms with van der Waals surface area (Å²) in [4.78, 5) is 4.44. The smallest absolute Gasteiger partial charge is 0.154 e. The lowest BCUT2D eigenvalue weighted by Crippen LogP contribution is -2.32. The van der Waals surface area contributed by atoms with Gasteiger partial charge in [-0.25, -0.2) is 9.50 Å². The van der Waals surface area contributed by atoms with Crippen LogP contribution in [-0.4, -0.2) is 20.6 Å². The zero-order valence-corrected chi connectivity index (χ0v) is 15.2. The number of halogens is 1. The van der Waals surface area contributed by atoms with E-state index in [2.05, 4.69) is 16.4 Å². The molecule has 1 fully saturated rings. The molecule has 5 nitrogen and oxygen atoms in total. The fourth-order valence-corrected chi connectivity index (χ4v) is 3.72. The Morgan fingerprint density at radius 2 is 2.04 bits per heavy atom. The maximum Gasteiger partial charge on any atom is 0.154 e. The number of imidazole rings is 1. The molecule has 0 saturated heterocycles. The monoisotopic (exact) mass is 365 g/mol. The van der Waals surface area contributed by atoms with Crippen LogP contribution in [0.25, 0.3) is 16.9 Å². The summed E-state index contributed by atoms with van der Waals surface area (Å²) in [6.45, 7) is 0.713.